The van der Waals surface area contributed by atoms with E-state index in [1.54, 1.807) is 44.3 Å². The molecule has 1 aromatic heterocycles. The first-order valence-electron chi connectivity index (χ1n) is 9.11. The fraction of sp³-hybridized carbons (Fsp3) is 0.190. The lowest BCUT2D eigenvalue weighted by Gasteiger charge is -2.10. The minimum absolute atomic E-state index is 0.154. The van der Waals surface area contributed by atoms with Gasteiger partial charge in [0.05, 0.1) is 28.5 Å². The Morgan fingerprint density at radius 2 is 1.94 bits per heavy atom. The predicted octanol–water partition coefficient (Wildman–Crippen LogP) is 4.52. The maximum Gasteiger partial charge on any atom is 0.416 e. The van der Waals surface area contributed by atoms with Crippen molar-refractivity contribution in [3.05, 3.63) is 65.4 Å². The molecule has 0 unspecified atom stereocenters. The number of halogens is 3. The average Bonchev–Trinajstić information content (AvgIpc) is 3.28. The van der Waals surface area contributed by atoms with Gasteiger partial charge in [0.2, 0.25) is 5.13 Å². The van der Waals surface area contributed by atoms with Gasteiger partial charge in [0.25, 0.3) is 5.91 Å². The van der Waals surface area contributed by atoms with Crippen molar-refractivity contribution in [2.75, 3.05) is 26.2 Å². The standard InChI is InChI=1S/C21H17F3N4O2S/c1-27(2)11-15-18(12-5-4-6-13(9-12)21(22,23)24)26-28(19(15)29)20-25-16-8-7-14(30-3)10-17(16)31-20/h4-11H,1-3H3/b15-11+. The molecular formula is C21H17F3N4O2S. The first kappa shape index (κ1) is 20.9. The molecule has 2 aromatic carbocycles. The maximum atomic E-state index is 13.2. The van der Waals surface area contributed by atoms with Gasteiger partial charge in [-0.15, -0.1) is 0 Å². The lowest BCUT2D eigenvalue weighted by atomic mass is 10.0. The van der Waals surface area contributed by atoms with E-state index in [9.17, 15) is 18.0 Å². The number of aromatic nitrogens is 1. The molecule has 1 amide bonds. The lowest BCUT2D eigenvalue weighted by molar-refractivity contribution is -0.137. The normalized spacial score (nSPS) is 15.7. The van der Waals surface area contributed by atoms with Gasteiger partial charge in [-0.1, -0.05) is 23.5 Å². The van der Waals surface area contributed by atoms with Gasteiger partial charge >= 0.3 is 6.18 Å². The summed E-state index contributed by atoms with van der Waals surface area (Å²) in [4.78, 5) is 19.2. The van der Waals surface area contributed by atoms with Crippen molar-refractivity contribution in [2.24, 2.45) is 5.10 Å². The van der Waals surface area contributed by atoms with Crippen molar-refractivity contribution in [1.29, 1.82) is 0 Å². The van der Waals surface area contributed by atoms with Crippen molar-refractivity contribution >= 4 is 38.3 Å². The van der Waals surface area contributed by atoms with Gasteiger partial charge in [0.15, 0.2) is 0 Å². The van der Waals surface area contributed by atoms with Crippen LogP contribution in [0.2, 0.25) is 0 Å². The van der Waals surface area contributed by atoms with Crippen LogP contribution in [0.3, 0.4) is 0 Å². The van der Waals surface area contributed by atoms with Gasteiger partial charge in [0.1, 0.15) is 11.5 Å². The van der Waals surface area contributed by atoms with E-state index in [0.717, 1.165) is 21.8 Å². The number of hydrogen-bond donors (Lipinski definition) is 0. The van der Waals surface area contributed by atoms with E-state index in [2.05, 4.69) is 10.1 Å². The summed E-state index contributed by atoms with van der Waals surface area (Å²) in [7, 11) is 4.99. The Morgan fingerprint density at radius 3 is 2.61 bits per heavy atom. The van der Waals surface area contributed by atoms with E-state index in [1.165, 1.54) is 29.7 Å². The Hall–Kier alpha value is -3.40. The SMILES string of the molecule is COc1ccc2nc(N3N=C(c4cccc(C(F)(F)F)c4)/C(=C\N(C)C)C3=O)sc2c1. The molecule has 1 aliphatic heterocycles. The summed E-state index contributed by atoms with van der Waals surface area (Å²) in [6.45, 7) is 0. The second kappa shape index (κ2) is 7.69. The number of methoxy groups -OCH3 is 1. The number of alkyl halides is 3. The minimum atomic E-state index is -4.50. The molecule has 0 bridgehead atoms. The van der Waals surface area contributed by atoms with Crippen molar-refractivity contribution in [3.8, 4) is 5.75 Å². The van der Waals surface area contributed by atoms with Crippen molar-refractivity contribution in [2.45, 2.75) is 6.18 Å². The van der Waals surface area contributed by atoms with Gasteiger partial charge in [-0.25, -0.2) is 4.98 Å². The highest BCUT2D eigenvalue weighted by atomic mass is 32.1. The largest absolute Gasteiger partial charge is 0.497 e. The third kappa shape index (κ3) is 3.98. The maximum absolute atomic E-state index is 13.2. The zero-order chi connectivity index (χ0) is 22.3. The molecule has 0 spiro atoms. The number of rotatable bonds is 4. The smallest absolute Gasteiger partial charge is 0.416 e. The highest BCUT2D eigenvalue weighted by molar-refractivity contribution is 7.22. The van der Waals surface area contributed by atoms with Gasteiger partial charge in [-0.05, 0) is 30.3 Å². The van der Waals surface area contributed by atoms with Gasteiger partial charge in [-0.3, -0.25) is 4.79 Å². The van der Waals surface area contributed by atoms with E-state index in [1.807, 2.05) is 0 Å². The highest BCUT2D eigenvalue weighted by Crippen LogP contribution is 2.36. The summed E-state index contributed by atoms with van der Waals surface area (Å²) >= 11 is 1.24. The Morgan fingerprint density at radius 1 is 1.16 bits per heavy atom. The number of ether oxygens (including phenoxy) is 1. The number of fused-ring (bicyclic) bond motifs is 1. The summed E-state index contributed by atoms with van der Waals surface area (Å²) in [5.74, 6) is 0.184. The number of amides is 1. The molecule has 0 fully saturated rings. The first-order valence-corrected chi connectivity index (χ1v) is 9.93. The molecule has 0 atom stereocenters. The summed E-state index contributed by atoms with van der Waals surface area (Å²) in [6.07, 6.45) is -2.96. The molecule has 160 valence electrons. The molecule has 0 aliphatic carbocycles. The molecule has 0 saturated heterocycles. The Balaban J connectivity index is 1.82. The van der Waals surface area contributed by atoms with Crippen LogP contribution in [0.25, 0.3) is 10.2 Å². The quantitative estimate of drug-likeness (QED) is 0.553. The third-order valence-electron chi connectivity index (χ3n) is 4.49. The number of carbonyl (C=O) groups is 1. The predicted molar refractivity (Wildman–Crippen MR) is 113 cm³/mol. The molecule has 3 aromatic rings. The van der Waals surface area contributed by atoms with Crippen LogP contribution in [0.4, 0.5) is 18.3 Å². The minimum Gasteiger partial charge on any atom is -0.497 e. The van der Waals surface area contributed by atoms with E-state index >= 15 is 0 Å². The Labute approximate surface area is 179 Å². The summed E-state index contributed by atoms with van der Waals surface area (Å²) in [5, 5.41) is 5.81. The van der Waals surface area contributed by atoms with Crippen molar-refractivity contribution in [3.63, 3.8) is 0 Å². The average molecular weight is 446 g/mol. The number of thiazole rings is 1. The van der Waals surface area contributed by atoms with Crippen LogP contribution in [-0.2, 0) is 11.0 Å². The lowest BCUT2D eigenvalue weighted by Crippen LogP contribution is -2.22. The van der Waals surface area contributed by atoms with E-state index in [0.29, 0.717) is 16.4 Å². The first-order chi connectivity index (χ1) is 14.7. The molecule has 0 saturated carbocycles. The van der Waals surface area contributed by atoms with Crippen molar-refractivity contribution < 1.29 is 22.7 Å². The topological polar surface area (TPSA) is 58.0 Å². The molecule has 6 nitrogen and oxygen atoms in total. The second-order valence-corrected chi connectivity index (χ2v) is 7.99. The highest BCUT2D eigenvalue weighted by Gasteiger charge is 2.36. The zero-order valence-electron chi connectivity index (χ0n) is 16.8. The zero-order valence-corrected chi connectivity index (χ0v) is 17.6. The molecular weight excluding hydrogens is 429 g/mol. The second-order valence-electron chi connectivity index (χ2n) is 6.98. The Kier molecular flexibility index (Phi) is 5.18. The summed E-state index contributed by atoms with van der Waals surface area (Å²) < 4.78 is 45.6. The molecule has 2 heterocycles. The summed E-state index contributed by atoms with van der Waals surface area (Å²) in [5.41, 5.74) is 0.383. The Bertz CT molecular complexity index is 1230. The van der Waals surface area contributed by atoms with Crippen LogP contribution < -0.4 is 9.75 Å². The number of benzene rings is 2. The number of anilines is 1. The molecule has 0 radical (unpaired) electrons. The number of hydrogen-bond acceptors (Lipinski definition) is 6. The number of carbonyl (C=O) groups excluding carboxylic acids is 1. The van der Waals surface area contributed by atoms with E-state index < -0.39 is 17.6 Å². The van der Waals surface area contributed by atoms with Crippen LogP contribution >= 0.6 is 11.3 Å². The molecule has 4 rings (SSSR count). The van der Waals surface area contributed by atoms with Crippen LogP contribution in [-0.4, -0.2) is 42.7 Å². The number of nitrogens with zero attached hydrogens (tertiary/aromatic N) is 4. The van der Waals surface area contributed by atoms with Gasteiger partial charge in [-0.2, -0.15) is 23.3 Å². The van der Waals surface area contributed by atoms with Crippen LogP contribution in [0.15, 0.2) is 59.3 Å². The third-order valence-corrected chi connectivity index (χ3v) is 5.49. The van der Waals surface area contributed by atoms with Crippen molar-refractivity contribution in [1.82, 2.24) is 9.88 Å². The number of hydrazone groups is 1. The van der Waals surface area contributed by atoms with Gasteiger partial charge < -0.3 is 9.64 Å². The molecule has 10 heteroatoms. The monoisotopic (exact) mass is 446 g/mol. The molecule has 31 heavy (non-hydrogen) atoms. The van der Waals surface area contributed by atoms with Crippen LogP contribution in [0.5, 0.6) is 5.75 Å². The summed E-state index contributed by atoms with van der Waals surface area (Å²) in [6, 6.07) is 10.1. The van der Waals surface area contributed by atoms with Crippen LogP contribution in [0.1, 0.15) is 11.1 Å². The van der Waals surface area contributed by atoms with Gasteiger partial charge in [0, 0.05) is 25.9 Å². The van der Waals surface area contributed by atoms with E-state index in [4.69, 9.17) is 4.74 Å². The fourth-order valence-electron chi connectivity index (χ4n) is 3.09. The molecule has 0 N–H and O–H groups in total. The van der Waals surface area contributed by atoms with Crippen LogP contribution in [0, 0.1) is 0 Å². The van der Waals surface area contributed by atoms with E-state index in [-0.39, 0.29) is 16.8 Å². The fourth-order valence-corrected chi connectivity index (χ4v) is 4.03. The molecule has 1 aliphatic rings.